The SMILES string of the molecule is CNc1nc(C)c2cc(-c3ccc(OC)nc3)c(=O)n(C3=CC=C3)c2n1. The lowest BCUT2D eigenvalue weighted by Gasteiger charge is -2.17. The highest BCUT2D eigenvalue weighted by Gasteiger charge is 2.18. The van der Waals surface area contributed by atoms with E-state index in [1.54, 1.807) is 31.0 Å². The molecule has 0 fully saturated rings. The predicted molar refractivity (Wildman–Crippen MR) is 101 cm³/mol. The second-order valence-electron chi connectivity index (χ2n) is 5.86. The van der Waals surface area contributed by atoms with Gasteiger partial charge in [0.2, 0.25) is 11.8 Å². The van der Waals surface area contributed by atoms with Crippen molar-refractivity contribution in [2.24, 2.45) is 0 Å². The van der Waals surface area contributed by atoms with Crippen LogP contribution in [0.4, 0.5) is 5.95 Å². The fraction of sp³-hybridized carbons (Fsp3) is 0.158. The van der Waals surface area contributed by atoms with Gasteiger partial charge in [-0.25, -0.2) is 9.97 Å². The molecule has 0 bridgehead atoms. The molecule has 7 nitrogen and oxygen atoms in total. The number of hydrogen-bond acceptors (Lipinski definition) is 6. The first-order valence-electron chi connectivity index (χ1n) is 8.13. The summed E-state index contributed by atoms with van der Waals surface area (Å²) in [7, 11) is 3.31. The van der Waals surface area contributed by atoms with Crippen molar-refractivity contribution in [3.63, 3.8) is 0 Å². The number of hydrogen-bond donors (Lipinski definition) is 1. The molecule has 3 aromatic heterocycles. The number of pyridine rings is 2. The van der Waals surface area contributed by atoms with Gasteiger partial charge in [-0.1, -0.05) is 6.08 Å². The topological polar surface area (TPSA) is 81.9 Å². The molecule has 0 saturated heterocycles. The monoisotopic (exact) mass is 347 g/mol. The molecular weight excluding hydrogens is 330 g/mol. The number of rotatable bonds is 4. The maximum Gasteiger partial charge on any atom is 0.264 e. The summed E-state index contributed by atoms with van der Waals surface area (Å²) in [6.07, 6.45) is 7.29. The Kier molecular flexibility index (Phi) is 3.76. The van der Waals surface area contributed by atoms with E-state index in [0.29, 0.717) is 28.6 Å². The van der Waals surface area contributed by atoms with Gasteiger partial charge in [-0.05, 0) is 31.2 Å². The first-order chi connectivity index (χ1) is 12.6. The highest BCUT2D eigenvalue weighted by Crippen LogP contribution is 2.26. The fourth-order valence-corrected chi connectivity index (χ4v) is 2.88. The number of nitrogens with one attached hydrogen (secondary N) is 1. The maximum atomic E-state index is 13.2. The molecule has 3 heterocycles. The molecule has 7 heteroatoms. The lowest BCUT2D eigenvalue weighted by atomic mass is 10.1. The molecule has 26 heavy (non-hydrogen) atoms. The van der Waals surface area contributed by atoms with Crippen LogP contribution >= 0.6 is 0 Å². The second-order valence-corrected chi connectivity index (χ2v) is 5.86. The molecule has 0 aromatic carbocycles. The van der Waals surface area contributed by atoms with Crippen LogP contribution in [0.2, 0.25) is 0 Å². The van der Waals surface area contributed by atoms with Crippen molar-refractivity contribution in [3.8, 4) is 17.0 Å². The summed E-state index contributed by atoms with van der Waals surface area (Å²) in [5.74, 6) is 0.976. The Labute approximate surface area is 149 Å². The Morgan fingerprint density at radius 3 is 2.62 bits per heavy atom. The number of methoxy groups -OCH3 is 1. The minimum atomic E-state index is -0.153. The predicted octanol–water partition coefficient (Wildman–Crippen LogP) is 2.62. The van der Waals surface area contributed by atoms with Gasteiger partial charge >= 0.3 is 0 Å². The molecule has 0 aliphatic heterocycles. The molecule has 0 amide bonds. The highest BCUT2D eigenvalue weighted by molar-refractivity contribution is 5.88. The van der Waals surface area contributed by atoms with E-state index in [-0.39, 0.29) is 5.56 Å². The van der Waals surface area contributed by atoms with Gasteiger partial charge in [0.25, 0.3) is 5.56 Å². The van der Waals surface area contributed by atoms with Crippen molar-refractivity contribution in [1.29, 1.82) is 0 Å². The molecule has 1 aliphatic carbocycles. The molecule has 3 aromatic rings. The number of aromatic nitrogens is 4. The average molecular weight is 347 g/mol. The summed E-state index contributed by atoms with van der Waals surface area (Å²) in [5, 5.41) is 3.76. The molecule has 0 saturated carbocycles. The zero-order valence-electron chi connectivity index (χ0n) is 14.6. The summed E-state index contributed by atoms with van der Waals surface area (Å²) in [4.78, 5) is 26.4. The number of ether oxygens (including phenoxy) is 1. The van der Waals surface area contributed by atoms with E-state index in [4.69, 9.17) is 4.74 Å². The van der Waals surface area contributed by atoms with Crippen molar-refractivity contribution in [1.82, 2.24) is 19.5 Å². The number of fused-ring (bicyclic) bond motifs is 1. The molecule has 4 rings (SSSR count). The van der Waals surface area contributed by atoms with Gasteiger partial charge in [0.05, 0.1) is 18.5 Å². The number of anilines is 1. The standard InChI is InChI=1S/C19H17N5O2/c1-11-14-9-15(12-7-8-16(26-3)21-10-12)18(25)24(13-5-4-6-13)17(14)23-19(20-2)22-11/h4-10H,1-3H3,(H,20,22,23). The third-order valence-corrected chi connectivity index (χ3v) is 4.32. The van der Waals surface area contributed by atoms with Gasteiger partial charge in [-0.2, -0.15) is 4.98 Å². The van der Waals surface area contributed by atoms with E-state index in [0.717, 1.165) is 16.8 Å². The van der Waals surface area contributed by atoms with Gasteiger partial charge < -0.3 is 10.1 Å². The Morgan fingerprint density at radius 1 is 1.23 bits per heavy atom. The summed E-state index contributed by atoms with van der Waals surface area (Å²) >= 11 is 0. The van der Waals surface area contributed by atoms with Gasteiger partial charge in [-0.15, -0.1) is 0 Å². The van der Waals surface area contributed by atoms with E-state index in [9.17, 15) is 4.79 Å². The van der Waals surface area contributed by atoms with E-state index in [1.165, 1.54) is 0 Å². The third kappa shape index (κ3) is 2.45. The van der Waals surface area contributed by atoms with Crippen LogP contribution in [0.25, 0.3) is 27.9 Å². The Bertz CT molecular complexity index is 1130. The molecule has 130 valence electrons. The van der Waals surface area contributed by atoms with E-state index < -0.39 is 0 Å². The van der Waals surface area contributed by atoms with Crippen LogP contribution in [0.1, 0.15) is 5.69 Å². The van der Waals surface area contributed by atoms with Crippen molar-refractivity contribution in [2.75, 3.05) is 19.5 Å². The first-order valence-corrected chi connectivity index (χ1v) is 8.13. The second kappa shape index (κ2) is 6.11. The van der Waals surface area contributed by atoms with Crippen LogP contribution in [0, 0.1) is 6.92 Å². The highest BCUT2D eigenvalue weighted by atomic mass is 16.5. The van der Waals surface area contributed by atoms with Crippen LogP contribution in [0.3, 0.4) is 0 Å². The number of aryl methyl sites for hydroxylation is 1. The zero-order valence-corrected chi connectivity index (χ0v) is 14.6. The molecular formula is C19H17N5O2. The quantitative estimate of drug-likeness (QED) is 0.781. The van der Waals surface area contributed by atoms with Crippen LogP contribution in [0.15, 0.2) is 47.4 Å². The molecule has 1 aliphatic rings. The van der Waals surface area contributed by atoms with Crippen LogP contribution in [0.5, 0.6) is 5.88 Å². The third-order valence-electron chi connectivity index (χ3n) is 4.32. The van der Waals surface area contributed by atoms with E-state index in [1.807, 2.05) is 37.3 Å². The van der Waals surface area contributed by atoms with E-state index in [2.05, 4.69) is 20.3 Å². The smallest absolute Gasteiger partial charge is 0.264 e. The van der Waals surface area contributed by atoms with Crippen molar-refractivity contribution >= 4 is 22.7 Å². The van der Waals surface area contributed by atoms with Gasteiger partial charge in [0, 0.05) is 35.8 Å². The Morgan fingerprint density at radius 2 is 2.04 bits per heavy atom. The van der Waals surface area contributed by atoms with Gasteiger partial charge in [-0.3, -0.25) is 9.36 Å². The molecule has 1 N–H and O–H groups in total. The lowest BCUT2D eigenvalue weighted by molar-refractivity contribution is 0.398. The minimum Gasteiger partial charge on any atom is -0.481 e. The molecule has 0 unspecified atom stereocenters. The minimum absolute atomic E-state index is 0.153. The Hall–Kier alpha value is -3.48. The van der Waals surface area contributed by atoms with Gasteiger partial charge in [0.15, 0.2) is 5.65 Å². The summed E-state index contributed by atoms with van der Waals surface area (Å²) < 4.78 is 6.71. The van der Waals surface area contributed by atoms with Crippen LogP contribution in [-0.2, 0) is 0 Å². The lowest BCUT2D eigenvalue weighted by Crippen LogP contribution is -2.23. The maximum absolute atomic E-state index is 13.2. The fourth-order valence-electron chi connectivity index (χ4n) is 2.88. The molecule has 0 spiro atoms. The van der Waals surface area contributed by atoms with Crippen molar-refractivity contribution < 1.29 is 4.74 Å². The largest absolute Gasteiger partial charge is 0.481 e. The molecule has 0 radical (unpaired) electrons. The van der Waals surface area contributed by atoms with Crippen LogP contribution < -0.4 is 15.6 Å². The number of nitrogens with zero attached hydrogens (tertiary/aromatic N) is 4. The average Bonchev–Trinajstić information content (AvgIpc) is 2.62. The zero-order chi connectivity index (χ0) is 18.3. The van der Waals surface area contributed by atoms with Crippen LogP contribution in [-0.4, -0.2) is 33.7 Å². The van der Waals surface area contributed by atoms with Crippen molar-refractivity contribution in [3.05, 3.63) is 58.7 Å². The summed E-state index contributed by atoms with van der Waals surface area (Å²) in [6.45, 7) is 1.90. The number of allylic oxidation sites excluding steroid dienone is 4. The normalized spacial score (nSPS) is 12.7. The first kappa shape index (κ1) is 16.0. The van der Waals surface area contributed by atoms with E-state index >= 15 is 0 Å². The molecule has 0 atom stereocenters. The Balaban J connectivity index is 2.04. The van der Waals surface area contributed by atoms with Gasteiger partial charge in [0.1, 0.15) is 0 Å². The summed E-state index contributed by atoms with van der Waals surface area (Å²) in [6, 6.07) is 5.39. The van der Waals surface area contributed by atoms with Crippen molar-refractivity contribution in [2.45, 2.75) is 6.92 Å². The summed E-state index contributed by atoms with van der Waals surface area (Å²) in [5.41, 5.74) is 3.27.